The Morgan fingerprint density at radius 2 is 1.87 bits per heavy atom. The van der Waals surface area contributed by atoms with Gasteiger partial charge < -0.3 is 19.4 Å². The SMILES string of the molecule is COc1ccc(-c2ccnc3nc(-c4cccc(C(=O)N5CCOCC5)c4)[nH]c23)cc1. The van der Waals surface area contributed by atoms with Crippen LogP contribution >= 0.6 is 0 Å². The second kappa shape index (κ2) is 8.20. The second-order valence-corrected chi connectivity index (χ2v) is 7.36. The predicted molar refractivity (Wildman–Crippen MR) is 118 cm³/mol. The molecule has 0 atom stereocenters. The Balaban J connectivity index is 1.50. The molecule has 156 valence electrons. The average Bonchev–Trinajstić information content (AvgIpc) is 3.29. The topological polar surface area (TPSA) is 80.3 Å². The number of imidazole rings is 1. The maximum Gasteiger partial charge on any atom is 0.254 e. The van der Waals surface area contributed by atoms with Gasteiger partial charge in [-0.1, -0.05) is 24.3 Å². The third kappa shape index (κ3) is 3.75. The van der Waals surface area contributed by atoms with Crippen molar-refractivity contribution in [2.24, 2.45) is 0 Å². The van der Waals surface area contributed by atoms with Crippen molar-refractivity contribution in [2.75, 3.05) is 33.4 Å². The number of aromatic nitrogens is 3. The summed E-state index contributed by atoms with van der Waals surface area (Å²) in [5.74, 6) is 1.50. The normalized spacial score (nSPS) is 14.0. The molecule has 0 bridgehead atoms. The molecule has 0 aliphatic carbocycles. The van der Waals surface area contributed by atoms with Crippen molar-refractivity contribution in [3.8, 4) is 28.3 Å². The zero-order chi connectivity index (χ0) is 21.2. The fourth-order valence-corrected chi connectivity index (χ4v) is 3.81. The summed E-state index contributed by atoms with van der Waals surface area (Å²) in [7, 11) is 1.65. The maximum absolute atomic E-state index is 12.9. The van der Waals surface area contributed by atoms with Crippen LogP contribution < -0.4 is 4.74 Å². The Labute approximate surface area is 179 Å². The van der Waals surface area contributed by atoms with Crippen LogP contribution in [0.1, 0.15) is 10.4 Å². The Hall–Kier alpha value is -3.71. The summed E-state index contributed by atoms with van der Waals surface area (Å²) >= 11 is 0. The number of nitrogens with zero attached hydrogens (tertiary/aromatic N) is 3. The number of fused-ring (bicyclic) bond motifs is 1. The van der Waals surface area contributed by atoms with Gasteiger partial charge in [0.25, 0.3) is 5.91 Å². The second-order valence-electron chi connectivity index (χ2n) is 7.36. The Morgan fingerprint density at radius 1 is 1.06 bits per heavy atom. The van der Waals surface area contributed by atoms with Crippen LogP contribution in [-0.4, -0.2) is 59.2 Å². The van der Waals surface area contributed by atoms with Gasteiger partial charge in [0.1, 0.15) is 11.6 Å². The number of methoxy groups -OCH3 is 1. The van der Waals surface area contributed by atoms with E-state index in [2.05, 4.69) is 15.0 Å². The molecule has 1 amide bonds. The molecule has 1 aliphatic rings. The number of hydrogen-bond acceptors (Lipinski definition) is 5. The first-order chi connectivity index (χ1) is 15.2. The van der Waals surface area contributed by atoms with Crippen LogP contribution in [0.25, 0.3) is 33.7 Å². The van der Waals surface area contributed by atoms with Crippen molar-refractivity contribution in [1.29, 1.82) is 0 Å². The molecule has 3 heterocycles. The lowest BCUT2D eigenvalue weighted by Gasteiger charge is -2.26. The molecule has 2 aromatic carbocycles. The molecule has 0 spiro atoms. The molecule has 31 heavy (non-hydrogen) atoms. The van der Waals surface area contributed by atoms with E-state index in [1.165, 1.54) is 0 Å². The molecule has 4 aromatic rings. The molecule has 5 rings (SSSR count). The number of nitrogens with one attached hydrogen (secondary N) is 1. The smallest absolute Gasteiger partial charge is 0.254 e. The Morgan fingerprint density at radius 3 is 2.65 bits per heavy atom. The first-order valence-corrected chi connectivity index (χ1v) is 10.2. The van der Waals surface area contributed by atoms with E-state index in [1.54, 1.807) is 13.3 Å². The third-order valence-corrected chi connectivity index (χ3v) is 5.47. The highest BCUT2D eigenvalue weighted by Crippen LogP contribution is 2.30. The zero-order valence-electron chi connectivity index (χ0n) is 17.2. The lowest BCUT2D eigenvalue weighted by Crippen LogP contribution is -2.40. The number of aromatic amines is 1. The summed E-state index contributed by atoms with van der Waals surface area (Å²) in [5.41, 5.74) is 5.02. The molecule has 0 saturated carbocycles. The van der Waals surface area contributed by atoms with E-state index in [0.29, 0.717) is 43.3 Å². The van der Waals surface area contributed by atoms with E-state index in [9.17, 15) is 4.79 Å². The highest BCUT2D eigenvalue weighted by atomic mass is 16.5. The minimum atomic E-state index is 0.0123. The molecule has 7 heteroatoms. The van der Waals surface area contributed by atoms with Gasteiger partial charge in [-0.25, -0.2) is 9.97 Å². The molecule has 7 nitrogen and oxygen atoms in total. The molecule has 0 unspecified atom stereocenters. The van der Waals surface area contributed by atoms with Crippen molar-refractivity contribution < 1.29 is 14.3 Å². The highest BCUT2D eigenvalue weighted by molar-refractivity contribution is 5.96. The van der Waals surface area contributed by atoms with E-state index < -0.39 is 0 Å². The summed E-state index contributed by atoms with van der Waals surface area (Å²) < 4.78 is 10.6. The molecule has 0 radical (unpaired) electrons. The van der Waals surface area contributed by atoms with Gasteiger partial charge >= 0.3 is 0 Å². The number of benzene rings is 2. The monoisotopic (exact) mass is 414 g/mol. The van der Waals surface area contributed by atoms with Crippen LogP contribution in [0.3, 0.4) is 0 Å². The first kappa shape index (κ1) is 19.3. The van der Waals surface area contributed by atoms with Gasteiger partial charge in [-0.3, -0.25) is 4.79 Å². The lowest BCUT2D eigenvalue weighted by atomic mass is 10.1. The molecule has 1 N–H and O–H groups in total. The van der Waals surface area contributed by atoms with Crippen LogP contribution in [0.15, 0.2) is 60.8 Å². The van der Waals surface area contributed by atoms with Gasteiger partial charge in [-0.15, -0.1) is 0 Å². The molecular weight excluding hydrogens is 392 g/mol. The van der Waals surface area contributed by atoms with Gasteiger partial charge in [0, 0.05) is 36.0 Å². The van der Waals surface area contributed by atoms with E-state index >= 15 is 0 Å². The van der Waals surface area contributed by atoms with Crippen molar-refractivity contribution >= 4 is 17.1 Å². The van der Waals surface area contributed by atoms with Crippen molar-refractivity contribution in [2.45, 2.75) is 0 Å². The van der Waals surface area contributed by atoms with Crippen LogP contribution in [0.5, 0.6) is 5.75 Å². The number of carbonyl (C=O) groups excluding carboxylic acids is 1. The zero-order valence-corrected chi connectivity index (χ0v) is 17.2. The van der Waals surface area contributed by atoms with Gasteiger partial charge in [-0.2, -0.15) is 0 Å². The predicted octanol–water partition coefficient (Wildman–Crippen LogP) is 3.77. The number of hydrogen-bond donors (Lipinski definition) is 1. The maximum atomic E-state index is 12.9. The first-order valence-electron chi connectivity index (χ1n) is 10.2. The standard InChI is InChI=1S/C24H22N4O3/c1-30-19-7-5-16(6-8-19)20-9-10-25-23-21(20)26-22(27-23)17-3-2-4-18(15-17)24(29)28-11-13-31-14-12-28/h2-10,15H,11-14H2,1H3,(H,25,26,27). The summed E-state index contributed by atoms with van der Waals surface area (Å²) in [4.78, 5) is 27.2. The summed E-state index contributed by atoms with van der Waals surface area (Å²) in [6, 6.07) is 17.4. The number of ether oxygens (including phenoxy) is 2. The van der Waals surface area contributed by atoms with Crippen LogP contribution in [0.4, 0.5) is 0 Å². The van der Waals surface area contributed by atoms with Crippen LogP contribution in [0.2, 0.25) is 0 Å². The average molecular weight is 414 g/mol. The van der Waals surface area contributed by atoms with Crippen molar-refractivity contribution in [3.63, 3.8) is 0 Å². The minimum Gasteiger partial charge on any atom is -0.497 e. The van der Waals surface area contributed by atoms with Crippen molar-refractivity contribution in [3.05, 3.63) is 66.4 Å². The highest BCUT2D eigenvalue weighted by Gasteiger charge is 2.19. The van der Waals surface area contributed by atoms with Crippen LogP contribution in [0, 0.1) is 0 Å². The number of pyridine rings is 1. The van der Waals surface area contributed by atoms with E-state index in [0.717, 1.165) is 28.0 Å². The largest absolute Gasteiger partial charge is 0.497 e. The molecule has 1 aliphatic heterocycles. The minimum absolute atomic E-state index is 0.0123. The number of rotatable bonds is 4. The molecular formula is C24H22N4O3. The lowest BCUT2D eigenvalue weighted by molar-refractivity contribution is 0.0303. The Kier molecular flexibility index (Phi) is 5.09. The quantitative estimate of drug-likeness (QED) is 0.550. The summed E-state index contributed by atoms with van der Waals surface area (Å²) in [6.45, 7) is 2.38. The van der Waals surface area contributed by atoms with E-state index in [1.807, 2.05) is 59.5 Å². The van der Waals surface area contributed by atoms with E-state index in [-0.39, 0.29) is 5.91 Å². The van der Waals surface area contributed by atoms with E-state index in [4.69, 9.17) is 9.47 Å². The molecule has 1 saturated heterocycles. The summed E-state index contributed by atoms with van der Waals surface area (Å²) in [6.07, 6.45) is 1.75. The van der Waals surface area contributed by atoms with Crippen molar-refractivity contribution in [1.82, 2.24) is 19.9 Å². The third-order valence-electron chi connectivity index (χ3n) is 5.47. The molecule has 1 fully saturated rings. The number of morpholine rings is 1. The number of amides is 1. The van der Waals surface area contributed by atoms with Crippen LogP contribution in [-0.2, 0) is 4.74 Å². The Bertz CT molecular complexity index is 1230. The number of H-pyrrole nitrogens is 1. The fraction of sp³-hybridized carbons (Fsp3) is 0.208. The van der Waals surface area contributed by atoms with Gasteiger partial charge in [0.15, 0.2) is 5.65 Å². The van der Waals surface area contributed by atoms with Gasteiger partial charge in [0.2, 0.25) is 0 Å². The number of carbonyl (C=O) groups is 1. The van der Waals surface area contributed by atoms with Gasteiger partial charge in [0.05, 0.1) is 25.8 Å². The van der Waals surface area contributed by atoms with Gasteiger partial charge in [-0.05, 0) is 35.9 Å². The molecule has 2 aromatic heterocycles. The fourth-order valence-electron chi connectivity index (χ4n) is 3.81. The summed E-state index contributed by atoms with van der Waals surface area (Å²) in [5, 5.41) is 0.